The number of nitrogen functional groups attached to an aromatic ring is 1. The number of ether oxygens (including phenoxy) is 1. The van der Waals surface area contributed by atoms with Gasteiger partial charge in [0.2, 0.25) is 0 Å². The van der Waals surface area contributed by atoms with E-state index in [4.69, 9.17) is 10.5 Å². The smallest absolute Gasteiger partial charge is 0.121 e. The van der Waals surface area contributed by atoms with Gasteiger partial charge in [-0.1, -0.05) is 29.8 Å². The summed E-state index contributed by atoms with van der Waals surface area (Å²) in [5.74, 6) is 0.779. The molecule has 3 N–H and O–H groups in total. The molecule has 0 aromatic heterocycles. The van der Waals surface area contributed by atoms with Crippen LogP contribution in [0.2, 0.25) is 0 Å². The molecule has 0 saturated heterocycles. The maximum absolute atomic E-state index is 5.96. The molecule has 19 heavy (non-hydrogen) atoms. The van der Waals surface area contributed by atoms with Crippen molar-refractivity contribution in [1.82, 2.24) is 0 Å². The summed E-state index contributed by atoms with van der Waals surface area (Å²) in [5, 5.41) is 3.35. The number of hydrogen-bond acceptors (Lipinski definition) is 3. The predicted octanol–water partition coefficient (Wildman–Crippen LogP) is 3.24. The lowest BCUT2D eigenvalue weighted by molar-refractivity contribution is 0.415. The number of hydrogen-bond donors (Lipinski definition) is 2. The second-order valence-electron chi connectivity index (χ2n) is 4.62. The van der Waals surface area contributed by atoms with Gasteiger partial charge in [-0.2, -0.15) is 0 Å². The van der Waals surface area contributed by atoms with Crippen LogP contribution in [0.3, 0.4) is 0 Å². The van der Waals surface area contributed by atoms with Gasteiger partial charge in [0.15, 0.2) is 0 Å². The van der Waals surface area contributed by atoms with E-state index in [2.05, 4.69) is 36.5 Å². The number of benzene rings is 2. The van der Waals surface area contributed by atoms with Crippen LogP contribution in [0.15, 0.2) is 42.5 Å². The normalized spacial score (nSPS) is 10.2. The van der Waals surface area contributed by atoms with Crippen molar-refractivity contribution >= 4 is 11.4 Å². The molecule has 0 aliphatic heterocycles. The Morgan fingerprint density at radius 1 is 1.16 bits per heavy atom. The molecular weight excluding hydrogens is 236 g/mol. The van der Waals surface area contributed by atoms with Crippen molar-refractivity contribution in [1.29, 1.82) is 0 Å². The van der Waals surface area contributed by atoms with Crippen molar-refractivity contribution < 1.29 is 4.74 Å². The average molecular weight is 256 g/mol. The van der Waals surface area contributed by atoms with Gasteiger partial charge in [0.25, 0.3) is 0 Å². The summed E-state index contributed by atoms with van der Waals surface area (Å²) >= 11 is 0. The third-order valence-corrected chi connectivity index (χ3v) is 3.07. The first kappa shape index (κ1) is 13.3. The van der Waals surface area contributed by atoms with Gasteiger partial charge in [0, 0.05) is 12.6 Å². The van der Waals surface area contributed by atoms with E-state index in [1.165, 1.54) is 11.1 Å². The maximum Gasteiger partial charge on any atom is 0.121 e. The molecule has 0 aliphatic rings. The van der Waals surface area contributed by atoms with Crippen molar-refractivity contribution in [2.24, 2.45) is 0 Å². The molecule has 2 aromatic carbocycles. The average Bonchev–Trinajstić information content (AvgIpc) is 2.40. The molecule has 0 unspecified atom stereocenters. The van der Waals surface area contributed by atoms with Gasteiger partial charge in [0.1, 0.15) is 5.75 Å². The highest BCUT2D eigenvalue weighted by molar-refractivity contribution is 5.68. The number of aryl methyl sites for hydroxylation is 1. The van der Waals surface area contributed by atoms with Crippen LogP contribution >= 0.6 is 0 Å². The molecule has 100 valence electrons. The van der Waals surface area contributed by atoms with E-state index in [0.717, 1.165) is 24.4 Å². The molecule has 0 bridgehead atoms. The van der Waals surface area contributed by atoms with E-state index in [9.17, 15) is 0 Å². The summed E-state index contributed by atoms with van der Waals surface area (Å²) in [4.78, 5) is 0. The number of rotatable bonds is 5. The quantitative estimate of drug-likeness (QED) is 0.807. The number of methoxy groups -OCH3 is 1. The van der Waals surface area contributed by atoms with Crippen LogP contribution in [0.5, 0.6) is 5.75 Å². The summed E-state index contributed by atoms with van der Waals surface area (Å²) in [6.07, 6.45) is 0.979. The molecule has 2 rings (SSSR count). The second kappa shape index (κ2) is 6.14. The van der Waals surface area contributed by atoms with Crippen molar-refractivity contribution in [3.8, 4) is 5.75 Å². The summed E-state index contributed by atoms with van der Waals surface area (Å²) < 4.78 is 5.13. The summed E-state index contributed by atoms with van der Waals surface area (Å²) in [5.41, 5.74) is 10.2. The first-order valence-electron chi connectivity index (χ1n) is 6.42. The Morgan fingerprint density at radius 2 is 2.00 bits per heavy atom. The first-order chi connectivity index (χ1) is 9.19. The third kappa shape index (κ3) is 3.65. The van der Waals surface area contributed by atoms with E-state index in [0.29, 0.717) is 5.69 Å². The van der Waals surface area contributed by atoms with Gasteiger partial charge in [-0.15, -0.1) is 0 Å². The van der Waals surface area contributed by atoms with Gasteiger partial charge in [-0.25, -0.2) is 0 Å². The van der Waals surface area contributed by atoms with Crippen molar-refractivity contribution in [2.75, 3.05) is 24.7 Å². The molecule has 3 heteroatoms. The standard InChI is InChI=1S/C16H20N2O/c1-12-4-3-5-13(10-12)8-9-18-16-7-6-14(19-2)11-15(16)17/h3-7,10-11,18H,8-9,17H2,1-2H3. The van der Waals surface area contributed by atoms with Crippen LogP contribution in [0, 0.1) is 6.92 Å². The van der Waals surface area contributed by atoms with Crippen LogP contribution in [0.1, 0.15) is 11.1 Å². The predicted molar refractivity (Wildman–Crippen MR) is 80.8 cm³/mol. The zero-order chi connectivity index (χ0) is 13.7. The lowest BCUT2D eigenvalue weighted by Gasteiger charge is -2.11. The van der Waals surface area contributed by atoms with Gasteiger partial charge in [-0.3, -0.25) is 0 Å². The zero-order valence-electron chi connectivity index (χ0n) is 11.4. The summed E-state index contributed by atoms with van der Waals surface area (Å²) in [6, 6.07) is 14.2. The number of nitrogens with one attached hydrogen (secondary N) is 1. The van der Waals surface area contributed by atoms with Crippen molar-refractivity contribution in [3.63, 3.8) is 0 Å². The molecule has 0 radical (unpaired) electrons. The van der Waals surface area contributed by atoms with Crippen LogP contribution < -0.4 is 15.8 Å². The fraction of sp³-hybridized carbons (Fsp3) is 0.250. The van der Waals surface area contributed by atoms with E-state index in [-0.39, 0.29) is 0 Å². The number of anilines is 2. The van der Waals surface area contributed by atoms with E-state index < -0.39 is 0 Å². The summed E-state index contributed by atoms with van der Waals surface area (Å²) in [6.45, 7) is 2.97. The van der Waals surface area contributed by atoms with E-state index in [1.54, 1.807) is 7.11 Å². The highest BCUT2D eigenvalue weighted by atomic mass is 16.5. The summed E-state index contributed by atoms with van der Waals surface area (Å²) in [7, 11) is 1.64. The van der Waals surface area contributed by atoms with Crippen LogP contribution in [0.4, 0.5) is 11.4 Å². The Hall–Kier alpha value is -2.16. The van der Waals surface area contributed by atoms with E-state index >= 15 is 0 Å². The second-order valence-corrected chi connectivity index (χ2v) is 4.62. The largest absolute Gasteiger partial charge is 0.497 e. The van der Waals surface area contributed by atoms with Gasteiger partial charge in [-0.05, 0) is 31.0 Å². The Kier molecular flexibility index (Phi) is 4.29. The monoisotopic (exact) mass is 256 g/mol. The molecule has 2 aromatic rings. The Bertz CT molecular complexity index is 552. The van der Waals surface area contributed by atoms with Crippen LogP contribution in [0.25, 0.3) is 0 Å². The SMILES string of the molecule is COc1ccc(NCCc2cccc(C)c2)c(N)c1. The van der Waals surface area contributed by atoms with Crippen molar-refractivity contribution in [3.05, 3.63) is 53.6 Å². The minimum absolute atomic E-state index is 0.712. The molecule has 0 amide bonds. The zero-order valence-corrected chi connectivity index (χ0v) is 11.4. The highest BCUT2D eigenvalue weighted by Crippen LogP contribution is 2.23. The molecule has 0 atom stereocenters. The molecule has 0 spiro atoms. The number of nitrogens with two attached hydrogens (primary N) is 1. The topological polar surface area (TPSA) is 47.3 Å². The lowest BCUT2D eigenvalue weighted by atomic mass is 10.1. The van der Waals surface area contributed by atoms with Gasteiger partial charge >= 0.3 is 0 Å². The Balaban J connectivity index is 1.92. The van der Waals surface area contributed by atoms with Crippen LogP contribution in [-0.4, -0.2) is 13.7 Å². The Labute approximate surface area is 114 Å². The van der Waals surface area contributed by atoms with Crippen LogP contribution in [-0.2, 0) is 6.42 Å². The minimum atomic E-state index is 0.712. The lowest BCUT2D eigenvalue weighted by Crippen LogP contribution is -2.07. The fourth-order valence-electron chi connectivity index (χ4n) is 2.04. The highest BCUT2D eigenvalue weighted by Gasteiger charge is 2.00. The minimum Gasteiger partial charge on any atom is -0.497 e. The molecular formula is C16H20N2O. The molecule has 0 saturated carbocycles. The molecule has 0 aliphatic carbocycles. The Morgan fingerprint density at radius 3 is 2.68 bits per heavy atom. The molecule has 3 nitrogen and oxygen atoms in total. The third-order valence-electron chi connectivity index (χ3n) is 3.07. The van der Waals surface area contributed by atoms with E-state index in [1.807, 2.05) is 18.2 Å². The molecule has 0 fully saturated rings. The maximum atomic E-state index is 5.96. The first-order valence-corrected chi connectivity index (χ1v) is 6.42. The molecule has 0 heterocycles. The van der Waals surface area contributed by atoms with Crippen molar-refractivity contribution in [2.45, 2.75) is 13.3 Å². The van der Waals surface area contributed by atoms with Gasteiger partial charge in [0.05, 0.1) is 18.5 Å². The van der Waals surface area contributed by atoms with Gasteiger partial charge < -0.3 is 15.8 Å². The fourth-order valence-corrected chi connectivity index (χ4v) is 2.04.